The monoisotopic (exact) mass is 324 g/mol. The van der Waals surface area contributed by atoms with Gasteiger partial charge in [0.15, 0.2) is 11.2 Å². The van der Waals surface area contributed by atoms with Crippen molar-refractivity contribution >= 4 is 17.4 Å². The molecule has 0 aliphatic carbocycles. The number of carbonyl (C=O) groups excluding carboxylic acids is 2. The summed E-state index contributed by atoms with van der Waals surface area (Å²) in [6.45, 7) is 0.899. The first kappa shape index (κ1) is 15.9. The molecule has 2 aromatic carbocycles. The minimum absolute atomic E-state index is 0.261. The maximum atomic E-state index is 13.0. The lowest BCUT2D eigenvalue weighted by molar-refractivity contribution is -0.489. The Hall–Kier alpha value is -3.02. The second kappa shape index (κ2) is 5.88. The number of rotatable bonds is 4. The predicted molar refractivity (Wildman–Crippen MR) is 88.4 cm³/mol. The number of ketones is 1. The molecule has 0 aromatic heterocycles. The zero-order chi connectivity index (χ0) is 17.3. The quantitative estimate of drug-likeness (QED) is 0.492. The number of amides is 1. The molecular weight excluding hydrogens is 308 g/mol. The summed E-state index contributed by atoms with van der Waals surface area (Å²) in [5.74, 6) is -1.03. The van der Waals surface area contributed by atoms with Crippen LogP contribution >= 0.6 is 0 Å². The molecule has 0 bridgehead atoms. The maximum Gasteiger partial charge on any atom is 0.247 e. The van der Waals surface area contributed by atoms with E-state index in [0.717, 1.165) is 5.56 Å². The number of para-hydroxylation sites is 1. The average molecular weight is 324 g/mol. The van der Waals surface area contributed by atoms with Gasteiger partial charge in [-0.05, 0) is 24.6 Å². The van der Waals surface area contributed by atoms with E-state index in [1.54, 1.807) is 24.3 Å². The van der Waals surface area contributed by atoms with Gasteiger partial charge >= 0.3 is 0 Å². The number of nitro groups is 1. The second-order valence-electron chi connectivity index (χ2n) is 6.05. The van der Waals surface area contributed by atoms with Gasteiger partial charge in [0.2, 0.25) is 12.5 Å². The molecule has 0 fully saturated rings. The molecule has 1 atom stereocenters. The van der Waals surface area contributed by atoms with Crippen LogP contribution < -0.4 is 4.90 Å². The number of nitrogens with zero attached hydrogens (tertiary/aromatic N) is 2. The van der Waals surface area contributed by atoms with Gasteiger partial charge in [0.25, 0.3) is 0 Å². The first-order valence-electron chi connectivity index (χ1n) is 7.55. The van der Waals surface area contributed by atoms with Gasteiger partial charge in [0.05, 0.1) is 12.2 Å². The highest BCUT2D eigenvalue weighted by molar-refractivity contribution is 6.24. The molecule has 122 valence electrons. The molecule has 0 saturated carbocycles. The van der Waals surface area contributed by atoms with Crippen molar-refractivity contribution in [2.75, 3.05) is 11.4 Å². The lowest BCUT2D eigenvalue weighted by Crippen LogP contribution is -2.54. The molecular formula is C18H16N2O4. The van der Waals surface area contributed by atoms with Crippen LogP contribution in [0.4, 0.5) is 5.69 Å². The summed E-state index contributed by atoms with van der Waals surface area (Å²) in [4.78, 5) is 37.6. The fourth-order valence-corrected chi connectivity index (χ4v) is 3.02. The highest BCUT2D eigenvalue weighted by Crippen LogP contribution is 2.38. The van der Waals surface area contributed by atoms with Gasteiger partial charge in [0, 0.05) is 10.5 Å². The summed E-state index contributed by atoms with van der Waals surface area (Å²) in [6, 6.07) is 16.1. The highest BCUT2D eigenvalue weighted by atomic mass is 16.6. The fourth-order valence-electron chi connectivity index (χ4n) is 3.02. The lowest BCUT2D eigenvalue weighted by Gasteiger charge is -2.37. The zero-order valence-corrected chi connectivity index (χ0v) is 13.1. The molecule has 1 amide bonds. The van der Waals surface area contributed by atoms with Gasteiger partial charge in [-0.15, -0.1) is 0 Å². The van der Waals surface area contributed by atoms with E-state index in [4.69, 9.17) is 0 Å². The molecule has 0 radical (unpaired) electrons. The van der Waals surface area contributed by atoms with Gasteiger partial charge in [-0.2, -0.15) is 0 Å². The van der Waals surface area contributed by atoms with Crippen LogP contribution in [0.15, 0.2) is 54.6 Å². The number of hydrogen-bond acceptors (Lipinski definition) is 4. The first-order valence-corrected chi connectivity index (χ1v) is 7.55. The van der Waals surface area contributed by atoms with Crippen LogP contribution in [0.3, 0.4) is 0 Å². The van der Waals surface area contributed by atoms with Crippen molar-refractivity contribution in [3.8, 4) is 0 Å². The number of anilines is 1. The first-order chi connectivity index (χ1) is 11.4. The number of benzene rings is 2. The number of Topliss-reactive ketones (excluding diaryl/α,β-unsaturated/α-hetero) is 1. The van der Waals surface area contributed by atoms with Crippen LogP contribution in [0, 0.1) is 15.5 Å². The lowest BCUT2D eigenvalue weighted by atomic mass is 9.77. The Morgan fingerprint density at radius 2 is 1.67 bits per heavy atom. The molecule has 1 heterocycles. The SMILES string of the molecule is C[C@@]1(C[N+](=O)[O-])C(=O)c2ccccc2N(Cc2ccccc2)C1=O. The minimum Gasteiger partial charge on any atom is -0.306 e. The molecule has 2 aromatic rings. The van der Waals surface area contributed by atoms with Crippen LogP contribution in [0.1, 0.15) is 22.8 Å². The van der Waals surface area contributed by atoms with E-state index in [1.165, 1.54) is 11.8 Å². The smallest absolute Gasteiger partial charge is 0.247 e. The number of carbonyl (C=O) groups is 2. The Bertz CT molecular complexity index is 819. The Kier molecular flexibility index (Phi) is 3.89. The van der Waals surface area contributed by atoms with Crippen molar-refractivity contribution in [2.24, 2.45) is 5.41 Å². The van der Waals surface area contributed by atoms with Gasteiger partial charge in [0.1, 0.15) is 0 Å². The van der Waals surface area contributed by atoms with Crippen molar-refractivity contribution in [1.29, 1.82) is 0 Å². The fraction of sp³-hybridized carbons (Fsp3) is 0.222. The second-order valence-corrected chi connectivity index (χ2v) is 6.05. The van der Waals surface area contributed by atoms with E-state index >= 15 is 0 Å². The summed E-state index contributed by atoms with van der Waals surface area (Å²) in [6.07, 6.45) is 0. The van der Waals surface area contributed by atoms with Crippen LogP contribution in [0.2, 0.25) is 0 Å². The molecule has 6 heteroatoms. The normalized spacial score (nSPS) is 20.0. The number of hydrogen-bond donors (Lipinski definition) is 0. The molecule has 1 aliphatic heterocycles. The predicted octanol–water partition coefficient (Wildman–Crippen LogP) is 2.70. The third-order valence-electron chi connectivity index (χ3n) is 4.29. The largest absolute Gasteiger partial charge is 0.306 e. The molecule has 0 N–H and O–H groups in total. The van der Waals surface area contributed by atoms with Crippen molar-refractivity contribution in [1.82, 2.24) is 0 Å². The molecule has 24 heavy (non-hydrogen) atoms. The topological polar surface area (TPSA) is 80.5 Å². The standard InChI is InChI=1S/C18H16N2O4/c1-18(12-20(23)24)16(21)14-9-5-6-10-15(14)19(17(18)22)11-13-7-3-2-4-8-13/h2-10H,11-12H2,1H3/t18-/m1/s1. The summed E-state index contributed by atoms with van der Waals surface area (Å²) < 4.78 is 0. The third kappa shape index (κ3) is 2.56. The van der Waals surface area contributed by atoms with Crippen molar-refractivity contribution < 1.29 is 14.5 Å². The summed E-state index contributed by atoms with van der Waals surface area (Å²) >= 11 is 0. The summed E-state index contributed by atoms with van der Waals surface area (Å²) in [5.41, 5.74) is 0.0418. The minimum atomic E-state index is -1.69. The van der Waals surface area contributed by atoms with Crippen molar-refractivity contribution in [2.45, 2.75) is 13.5 Å². The van der Waals surface area contributed by atoms with E-state index in [0.29, 0.717) is 11.3 Å². The van der Waals surface area contributed by atoms with Gasteiger partial charge in [-0.25, -0.2) is 0 Å². The molecule has 1 aliphatic rings. The van der Waals surface area contributed by atoms with Crippen molar-refractivity contribution in [3.05, 3.63) is 75.8 Å². The Balaban J connectivity index is 2.09. The Morgan fingerprint density at radius 1 is 1.04 bits per heavy atom. The van der Waals surface area contributed by atoms with Crippen LogP contribution in [0.5, 0.6) is 0 Å². The van der Waals surface area contributed by atoms with E-state index in [-0.39, 0.29) is 6.54 Å². The molecule has 0 saturated heterocycles. The van der Waals surface area contributed by atoms with Gasteiger partial charge in [-0.1, -0.05) is 42.5 Å². The van der Waals surface area contributed by atoms with Crippen LogP contribution in [-0.4, -0.2) is 23.2 Å². The molecule has 3 rings (SSSR count). The van der Waals surface area contributed by atoms with Gasteiger partial charge < -0.3 is 4.90 Å². The average Bonchev–Trinajstić information content (AvgIpc) is 2.57. The van der Waals surface area contributed by atoms with E-state index in [9.17, 15) is 19.7 Å². The van der Waals surface area contributed by atoms with Crippen LogP contribution in [0.25, 0.3) is 0 Å². The summed E-state index contributed by atoms with van der Waals surface area (Å²) in [5, 5.41) is 11.0. The van der Waals surface area contributed by atoms with E-state index in [2.05, 4.69) is 0 Å². The molecule has 0 spiro atoms. The maximum absolute atomic E-state index is 13.0. The highest BCUT2D eigenvalue weighted by Gasteiger charge is 2.52. The third-order valence-corrected chi connectivity index (χ3v) is 4.29. The van der Waals surface area contributed by atoms with Crippen molar-refractivity contribution in [3.63, 3.8) is 0 Å². The summed E-state index contributed by atoms with van der Waals surface area (Å²) in [7, 11) is 0. The Labute approximate surface area is 138 Å². The molecule has 0 unspecified atom stereocenters. The number of fused-ring (bicyclic) bond motifs is 1. The van der Waals surface area contributed by atoms with Crippen LogP contribution in [-0.2, 0) is 11.3 Å². The Morgan fingerprint density at radius 3 is 2.33 bits per heavy atom. The van der Waals surface area contributed by atoms with Gasteiger partial charge in [-0.3, -0.25) is 19.7 Å². The zero-order valence-electron chi connectivity index (χ0n) is 13.1. The van der Waals surface area contributed by atoms with E-state index in [1.807, 2.05) is 30.3 Å². The molecule has 6 nitrogen and oxygen atoms in total. The van der Waals surface area contributed by atoms with E-state index < -0.39 is 28.6 Å².